The summed E-state index contributed by atoms with van der Waals surface area (Å²) >= 11 is 0. The second kappa shape index (κ2) is 13.2. The second-order valence-corrected chi connectivity index (χ2v) is 11.8. The molecule has 7 rings (SSSR count). The first-order valence-electron chi connectivity index (χ1n) is 15.3. The molecule has 0 radical (unpaired) electrons. The molecule has 4 heterocycles. The summed E-state index contributed by atoms with van der Waals surface area (Å²) < 4.78 is 26.9. The number of benzene rings is 3. The Hall–Kier alpha value is -3.88. The minimum atomic E-state index is -0.246. The summed E-state index contributed by atoms with van der Waals surface area (Å²) in [5.41, 5.74) is 3.92. The molecule has 43 heavy (non-hydrogen) atoms. The Balaban J connectivity index is 1.05. The number of hydrogen-bond acceptors (Lipinski definition) is 5. The van der Waals surface area contributed by atoms with E-state index >= 15 is 0 Å². The maximum Gasteiger partial charge on any atom is 0.253 e. The number of carbonyl (C=O) groups is 1. The Morgan fingerprint density at radius 1 is 0.953 bits per heavy atom. The highest BCUT2D eigenvalue weighted by atomic mass is 19.1. The van der Waals surface area contributed by atoms with Crippen LogP contribution in [0.3, 0.4) is 0 Å². The van der Waals surface area contributed by atoms with Crippen molar-refractivity contribution in [2.24, 2.45) is 0 Å². The highest BCUT2D eigenvalue weighted by molar-refractivity contribution is 6.08. The molecule has 3 aliphatic heterocycles. The van der Waals surface area contributed by atoms with Crippen molar-refractivity contribution in [3.63, 3.8) is 0 Å². The normalized spacial score (nSPS) is 18.7. The summed E-state index contributed by atoms with van der Waals surface area (Å²) in [6.07, 6.45) is 5.43. The van der Waals surface area contributed by atoms with Crippen LogP contribution in [0.15, 0.2) is 72.9 Å². The van der Waals surface area contributed by atoms with Crippen LogP contribution < -0.4 is 14.8 Å². The third kappa shape index (κ3) is 6.71. The van der Waals surface area contributed by atoms with Gasteiger partial charge in [-0.3, -0.25) is 14.6 Å². The minimum Gasteiger partial charge on any atom is -0.495 e. The lowest BCUT2D eigenvalue weighted by Crippen LogP contribution is -2.63. The molecule has 0 spiro atoms. The number of hydrogen-bond donors (Lipinski definition) is 1. The molecule has 226 valence electrons. The van der Waals surface area contributed by atoms with Crippen molar-refractivity contribution in [1.82, 2.24) is 19.7 Å². The van der Waals surface area contributed by atoms with Gasteiger partial charge < -0.3 is 19.4 Å². The number of piperidine rings is 2. The highest BCUT2D eigenvalue weighted by Gasteiger charge is 2.38. The van der Waals surface area contributed by atoms with Gasteiger partial charge in [-0.2, -0.15) is 0 Å². The van der Waals surface area contributed by atoms with Crippen molar-refractivity contribution in [3.05, 3.63) is 95.4 Å². The van der Waals surface area contributed by atoms with E-state index in [1.807, 2.05) is 36.5 Å². The number of rotatable bonds is 12. The van der Waals surface area contributed by atoms with Gasteiger partial charge >= 0.3 is 0 Å². The SMILES string of the molecule is COc1cccc2c(C(=O)NCc3cccc(C)c3)cn(CCCN3C[C@H]4CC[C@@H]3CN4CCOc3ccc(F)cc3)c12. The van der Waals surface area contributed by atoms with Crippen LogP contribution in [0, 0.1) is 12.7 Å². The van der Waals surface area contributed by atoms with Gasteiger partial charge in [-0.05, 0) is 62.1 Å². The first kappa shape index (κ1) is 29.2. The maximum absolute atomic E-state index is 13.3. The molecular weight excluding hydrogens is 543 g/mol. The molecule has 1 N–H and O–H groups in total. The molecule has 0 saturated carbocycles. The number of piperazine rings is 1. The fourth-order valence-corrected chi connectivity index (χ4v) is 6.75. The van der Waals surface area contributed by atoms with E-state index < -0.39 is 0 Å². The molecule has 0 aliphatic carbocycles. The van der Waals surface area contributed by atoms with Crippen molar-refractivity contribution in [2.45, 2.75) is 51.4 Å². The number of para-hydroxylation sites is 1. The van der Waals surface area contributed by atoms with Crippen molar-refractivity contribution in [1.29, 1.82) is 0 Å². The average molecular weight is 585 g/mol. The molecule has 3 saturated heterocycles. The van der Waals surface area contributed by atoms with Gasteiger partial charge in [0.2, 0.25) is 0 Å². The lowest BCUT2D eigenvalue weighted by Gasteiger charge is -2.51. The molecule has 1 aromatic heterocycles. The molecule has 3 fully saturated rings. The van der Waals surface area contributed by atoms with Crippen molar-refractivity contribution < 1.29 is 18.7 Å². The lowest BCUT2D eigenvalue weighted by atomic mass is 9.90. The zero-order valence-electron chi connectivity index (χ0n) is 25.1. The van der Waals surface area contributed by atoms with Gasteiger partial charge in [0.1, 0.15) is 23.9 Å². The molecule has 8 heteroatoms. The Bertz CT molecular complexity index is 1550. The van der Waals surface area contributed by atoms with Gasteiger partial charge in [0.05, 0.1) is 18.2 Å². The van der Waals surface area contributed by atoms with Gasteiger partial charge in [-0.25, -0.2) is 4.39 Å². The molecule has 7 nitrogen and oxygen atoms in total. The smallest absolute Gasteiger partial charge is 0.253 e. The summed E-state index contributed by atoms with van der Waals surface area (Å²) in [4.78, 5) is 18.5. The van der Waals surface area contributed by atoms with Gasteiger partial charge in [-0.1, -0.05) is 42.0 Å². The molecule has 1 amide bonds. The van der Waals surface area contributed by atoms with Crippen molar-refractivity contribution in [3.8, 4) is 11.5 Å². The number of nitrogens with one attached hydrogen (secondary N) is 1. The van der Waals surface area contributed by atoms with Crippen LogP contribution in [0.5, 0.6) is 11.5 Å². The summed E-state index contributed by atoms with van der Waals surface area (Å²) in [7, 11) is 1.69. The first-order valence-corrected chi connectivity index (χ1v) is 15.3. The van der Waals surface area contributed by atoms with Crippen LogP contribution >= 0.6 is 0 Å². The number of aromatic nitrogens is 1. The molecule has 3 aromatic carbocycles. The summed E-state index contributed by atoms with van der Waals surface area (Å²) in [6, 6.07) is 21.5. The fraction of sp³-hybridized carbons (Fsp3) is 0.400. The zero-order valence-corrected chi connectivity index (χ0v) is 25.1. The number of amides is 1. The molecular formula is C35H41FN4O3. The first-order chi connectivity index (χ1) is 21.0. The number of aryl methyl sites for hydroxylation is 2. The van der Waals surface area contributed by atoms with Crippen LogP contribution in [-0.4, -0.2) is 72.3 Å². The summed E-state index contributed by atoms with van der Waals surface area (Å²) in [6.45, 7) is 8.00. The molecule has 0 unspecified atom stereocenters. The van der Waals surface area contributed by atoms with E-state index in [4.69, 9.17) is 9.47 Å². The van der Waals surface area contributed by atoms with E-state index in [1.165, 1.54) is 30.5 Å². The van der Waals surface area contributed by atoms with Gasteiger partial charge in [0, 0.05) is 62.9 Å². The van der Waals surface area contributed by atoms with E-state index in [2.05, 4.69) is 38.7 Å². The Labute approximate surface area is 253 Å². The summed E-state index contributed by atoms with van der Waals surface area (Å²) in [5, 5.41) is 4.03. The Kier molecular flexibility index (Phi) is 8.95. The van der Waals surface area contributed by atoms with Crippen LogP contribution in [0.2, 0.25) is 0 Å². The molecule has 2 bridgehead atoms. The third-order valence-electron chi connectivity index (χ3n) is 8.92. The number of nitrogens with zero attached hydrogens (tertiary/aromatic N) is 3. The van der Waals surface area contributed by atoms with E-state index in [-0.39, 0.29) is 11.7 Å². The standard InChI is InChI=1S/C35H41FN4O3/c1-25-6-3-7-26(20-25)21-37-35(41)32-24-40(34-31(32)8-4-9-33(34)42-2)17-5-16-38-22-29-13-12-28(38)23-39(29)18-19-43-30-14-10-27(36)11-15-30/h3-4,6-11,14-15,20,24,28-29H,5,12-13,16-19,21-23H2,1-2H3,(H,37,41)/t28-,29-/m1/s1. The molecule has 4 aromatic rings. The van der Waals surface area contributed by atoms with Gasteiger partial charge in [-0.15, -0.1) is 0 Å². The number of methoxy groups -OCH3 is 1. The van der Waals surface area contributed by atoms with E-state index in [1.54, 1.807) is 19.2 Å². The Morgan fingerprint density at radius 2 is 1.70 bits per heavy atom. The largest absolute Gasteiger partial charge is 0.495 e. The molecule has 3 aliphatic rings. The average Bonchev–Trinajstić information content (AvgIpc) is 3.40. The number of fused-ring (bicyclic) bond motifs is 4. The maximum atomic E-state index is 13.3. The fourth-order valence-electron chi connectivity index (χ4n) is 6.75. The van der Waals surface area contributed by atoms with E-state index in [0.717, 1.165) is 61.4 Å². The highest BCUT2D eigenvalue weighted by Crippen LogP contribution is 2.32. The number of ether oxygens (including phenoxy) is 2. The quantitative estimate of drug-likeness (QED) is 0.234. The van der Waals surface area contributed by atoms with Crippen molar-refractivity contribution in [2.75, 3.05) is 39.9 Å². The van der Waals surface area contributed by atoms with Crippen LogP contribution in [-0.2, 0) is 13.1 Å². The summed E-state index contributed by atoms with van der Waals surface area (Å²) in [5.74, 6) is 1.18. The minimum absolute atomic E-state index is 0.0738. The topological polar surface area (TPSA) is 59.0 Å². The van der Waals surface area contributed by atoms with Gasteiger partial charge in [0.15, 0.2) is 0 Å². The van der Waals surface area contributed by atoms with Gasteiger partial charge in [0.25, 0.3) is 5.91 Å². The predicted octanol–water partition coefficient (Wildman–Crippen LogP) is 5.65. The lowest BCUT2D eigenvalue weighted by molar-refractivity contribution is -0.0259. The third-order valence-corrected chi connectivity index (χ3v) is 8.92. The Morgan fingerprint density at radius 3 is 2.42 bits per heavy atom. The second-order valence-electron chi connectivity index (χ2n) is 11.8. The van der Waals surface area contributed by atoms with Crippen LogP contribution in [0.25, 0.3) is 10.9 Å². The number of carbonyl (C=O) groups excluding carboxylic acids is 1. The van der Waals surface area contributed by atoms with E-state index in [9.17, 15) is 9.18 Å². The molecule has 2 atom stereocenters. The zero-order chi connectivity index (χ0) is 29.8. The van der Waals surface area contributed by atoms with Crippen molar-refractivity contribution >= 4 is 16.8 Å². The number of halogens is 1. The monoisotopic (exact) mass is 584 g/mol. The van der Waals surface area contributed by atoms with Crippen LogP contribution in [0.4, 0.5) is 4.39 Å². The predicted molar refractivity (Wildman–Crippen MR) is 167 cm³/mol. The van der Waals surface area contributed by atoms with Crippen LogP contribution in [0.1, 0.15) is 40.7 Å². The van der Waals surface area contributed by atoms with E-state index in [0.29, 0.717) is 36.5 Å².